The van der Waals surface area contributed by atoms with Crippen molar-refractivity contribution in [3.8, 4) is 5.75 Å². The lowest BCUT2D eigenvalue weighted by Gasteiger charge is -2.36. The quantitative estimate of drug-likeness (QED) is 0.825. The van der Waals surface area contributed by atoms with Crippen molar-refractivity contribution in [2.75, 3.05) is 13.1 Å². The summed E-state index contributed by atoms with van der Waals surface area (Å²) in [5.74, 6) is 1.42. The molecule has 0 saturated carbocycles. The number of amides is 1. The minimum absolute atomic E-state index is 0.0820. The van der Waals surface area contributed by atoms with Crippen LogP contribution in [0.4, 0.5) is 0 Å². The van der Waals surface area contributed by atoms with Crippen molar-refractivity contribution >= 4 is 5.91 Å². The van der Waals surface area contributed by atoms with Crippen molar-refractivity contribution in [1.29, 1.82) is 0 Å². The van der Waals surface area contributed by atoms with E-state index >= 15 is 0 Å². The van der Waals surface area contributed by atoms with Crippen molar-refractivity contribution in [2.45, 2.75) is 31.9 Å². The lowest BCUT2D eigenvalue weighted by Crippen LogP contribution is -2.53. The van der Waals surface area contributed by atoms with Crippen LogP contribution >= 0.6 is 0 Å². The Kier molecular flexibility index (Phi) is 3.19. The summed E-state index contributed by atoms with van der Waals surface area (Å²) in [4.78, 5) is 14.3. The van der Waals surface area contributed by atoms with E-state index in [1.54, 1.807) is 0 Å². The summed E-state index contributed by atoms with van der Waals surface area (Å²) in [5, 5.41) is 0. The molecular formula is C15H20N2O2. The van der Waals surface area contributed by atoms with Crippen LogP contribution in [0.25, 0.3) is 0 Å². The van der Waals surface area contributed by atoms with Crippen molar-refractivity contribution < 1.29 is 9.53 Å². The molecule has 0 radical (unpaired) electrons. The second-order valence-corrected chi connectivity index (χ2v) is 5.63. The fourth-order valence-electron chi connectivity index (χ4n) is 2.82. The molecule has 4 nitrogen and oxygen atoms in total. The van der Waals surface area contributed by atoms with Crippen LogP contribution in [0.15, 0.2) is 24.3 Å². The van der Waals surface area contributed by atoms with E-state index in [1.165, 1.54) is 0 Å². The molecule has 3 atom stereocenters. The highest BCUT2D eigenvalue weighted by molar-refractivity contribution is 5.82. The molecular weight excluding hydrogens is 240 g/mol. The molecule has 2 aliphatic heterocycles. The van der Waals surface area contributed by atoms with Gasteiger partial charge in [-0.1, -0.05) is 25.1 Å². The van der Waals surface area contributed by atoms with Crippen molar-refractivity contribution in [3.05, 3.63) is 29.8 Å². The summed E-state index contributed by atoms with van der Waals surface area (Å²) in [6, 6.07) is 7.94. The minimum atomic E-state index is -0.363. The SMILES string of the molecule is CC1CCN(C(=O)C2Cc3ccccc3O2)CC1N. The van der Waals surface area contributed by atoms with E-state index < -0.39 is 0 Å². The Morgan fingerprint density at radius 2 is 2.21 bits per heavy atom. The van der Waals surface area contributed by atoms with Crippen LogP contribution in [0.2, 0.25) is 0 Å². The maximum atomic E-state index is 12.5. The molecule has 1 aromatic carbocycles. The Labute approximate surface area is 113 Å². The smallest absolute Gasteiger partial charge is 0.264 e. The number of hydrogen-bond acceptors (Lipinski definition) is 3. The van der Waals surface area contributed by atoms with Gasteiger partial charge in [-0.15, -0.1) is 0 Å². The zero-order valence-electron chi connectivity index (χ0n) is 11.2. The van der Waals surface area contributed by atoms with E-state index in [9.17, 15) is 4.79 Å². The van der Waals surface area contributed by atoms with Gasteiger partial charge in [-0.2, -0.15) is 0 Å². The number of benzene rings is 1. The van der Waals surface area contributed by atoms with Crippen LogP contribution in [-0.2, 0) is 11.2 Å². The van der Waals surface area contributed by atoms with Crippen LogP contribution in [0.1, 0.15) is 18.9 Å². The van der Waals surface area contributed by atoms with Gasteiger partial charge in [0, 0.05) is 25.6 Å². The van der Waals surface area contributed by atoms with Crippen LogP contribution in [0, 0.1) is 5.92 Å². The summed E-state index contributed by atoms with van der Waals surface area (Å²) in [5.41, 5.74) is 7.18. The van der Waals surface area contributed by atoms with E-state index in [4.69, 9.17) is 10.5 Å². The van der Waals surface area contributed by atoms with E-state index in [-0.39, 0.29) is 18.1 Å². The summed E-state index contributed by atoms with van der Waals surface area (Å²) in [6.07, 6.45) is 1.29. The van der Waals surface area contributed by atoms with E-state index in [0.717, 1.165) is 24.3 Å². The molecule has 4 heteroatoms. The molecule has 3 rings (SSSR count). The van der Waals surface area contributed by atoms with Crippen molar-refractivity contribution in [1.82, 2.24) is 4.90 Å². The predicted octanol–water partition coefficient (Wildman–Crippen LogP) is 1.19. The first-order valence-corrected chi connectivity index (χ1v) is 6.94. The first kappa shape index (κ1) is 12.5. The number of carbonyl (C=O) groups excluding carboxylic acids is 1. The Morgan fingerprint density at radius 3 is 2.95 bits per heavy atom. The first-order chi connectivity index (χ1) is 9.15. The highest BCUT2D eigenvalue weighted by atomic mass is 16.5. The number of hydrogen-bond donors (Lipinski definition) is 1. The number of carbonyl (C=O) groups is 1. The molecule has 0 bridgehead atoms. The van der Waals surface area contributed by atoms with Gasteiger partial charge in [-0.25, -0.2) is 0 Å². The molecule has 0 aromatic heterocycles. The number of nitrogens with two attached hydrogens (primary N) is 1. The number of rotatable bonds is 1. The highest BCUT2D eigenvalue weighted by Gasteiger charge is 2.35. The van der Waals surface area contributed by atoms with Crippen LogP contribution in [0.5, 0.6) is 5.75 Å². The van der Waals surface area contributed by atoms with Gasteiger partial charge in [0.05, 0.1) is 0 Å². The fourth-order valence-corrected chi connectivity index (χ4v) is 2.82. The minimum Gasteiger partial charge on any atom is -0.480 e. The summed E-state index contributed by atoms with van der Waals surface area (Å²) in [6.45, 7) is 3.59. The molecule has 0 aliphatic carbocycles. The third-order valence-corrected chi connectivity index (χ3v) is 4.25. The molecule has 2 heterocycles. The average molecular weight is 260 g/mol. The normalized spacial score (nSPS) is 29.8. The number of fused-ring (bicyclic) bond motifs is 1. The lowest BCUT2D eigenvalue weighted by molar-refractivity contribution is -0.139. The molecule has 2 aliphatic rings. The second-order valence-electron chi connectivity index (χ2n) is 5.63. The topological polar surface area (TPSA) is 55.6 Å². The largest absolute Gasteiger partial charge is 0.480 e. The maximum Gasteiger partial charge on any atom is 0.264 e. The Morgan fingerprint density at radius 1 is 1.42 bits per heavy atom. The van der Waals surface area contributed by atoms with Gasteiger partial charge in [0.15, 0.2) is 6.10 Å². The molecule has 2 N–H and O–H groups in total. The molecule has 19 heavy (non-hydrogen) atoms. The average Bonchev–Trinajstić information content (AvgIpc) is 2.85. The highest BCUT2D eigenvalue weighted by Crippen LogP contribution is 2.29. The number of likely N-dealkylation sites (tertiary alicyclic amines) is 1. The van der Waals surface area contributed by atoms with E-state index in [0.29, 0.717) is 18.9 Å². The zero-order valence-corrected chi connectivity index (χ0v) is 11.2. The predicted molar refractivity (Wildman–Crippen MR) is 72.9 cm³/mol. The van der Waals surface area contributed by atoms with Gasteiger partial charge in [0.2, 0.25) is 0 Å². The van der Waals surface area contributed by atoms with Crippen LogP contribution < -0.4 is 10.5 Å². The summed E-state index contributed by atoms with van der Waals surface area (Å²) >= 11 is 0. The third-order valence-electron chi connectivity index (χ3n) is 4.25. The van der Waals surface area contributed by atoms with Gasteiger partial charge in [0.1, 0.15) is 5.75 Å². The molecule has 102 valence electrons. The summed E-state index contributed by atoms with van der Waals surface area (Å²) < 4.78 is 5.75. The Balaban J connectivity index is 1.67. The monoisotopic (exact) mass is 260 g/mol. The lowest BCUT2D eigenvalue weighted by atomic mass is 9.94. The van der Waals surface area contributed by atoms with E-state index in [2.05, 4.69) is 6.92 Å². The molecule has 1 amide bonds. The Hall–Kier alpha value is -1.55. The van der Waals surface area contributed by atoms with Gasteiger partial charge in [-0.3, -0.25) is 4.79 Å². The van der Waals surface area contributed by atoms with Gasteiger partial charge in [-0.05, 0) is 24.0 Å². The van der Waals surface area contributed by atoms with Crippen molar-refractivity contribution in [2.24, 2.45) is 11.7 Å². The number of para-hydroxylation sites is 1. The van der Waals surface area contributed by atoms with E-state index in [1.807, 2.05) is 29.2 Å². The molecule has 1 fully saturated rings. The standard InChI is InChI=1S/C15H20N2O2/c1-10-6-7-17(9-12(10)16)15(18)14-8-11-4-2-3-5-13(11)19-14/h2-5,10,12,14H,6-9,16H2,1H3. The van der Waals surface area contributed by atoms with Gasteiger partial charge in [0.25, 0.3) is 5.91 Å². The fraction of sp³-hybridized carbons (Fsp3) is 0.533. The maximum absolute atomic E-state index is 12.5. The third kappa shape index (κ3) is 2.32. The number of nitrogens with zero attached hydrogens (tertiary/aromatic N) is 1. The van der Waals surface area contributed by atoms with Gasteiger partial charge >= 0.3 is 0 Å². The van der Waals surface area contributed by atoms with Gasteiger partial charge < -0.3 is 15.4 Å². The second kappa shape index (κ2) is 4.85. The first-order valence-electron chi connectivity index (χ1n) is 6.94. The Bertz CT molecular complexity index is 464. The van der Waals surface area contributed by atoms with Crippen molar-refractivity contribution in [3.63, 3.8) is 0 Å². The molecule has 1 aromatic rings. The number of piperidine rings is 1. The molecule has 0 spiro atoms. The van der Waals surface area contributed by atoms with Crippen LogP contribution in [0.3, 0.4) is 0 Å². The molecule has 3 unspecified atom stereocenters. The zero-order chi connectivity index (χ0) is 13.4. The molecule has 1 saturated heterocycles. The van der Waals surface area contributed by atoms with Crippen LogP contribution in [-0.4, -0.2) is 36.0 Å². The number of ether oxygens (including phenoxy) is 1. The summed E-state index contributed by atoms with van der Waals surface area (Å²) in [7, 11) is 0.